The van der Waals surface area contributed by atoms with Crippen LogP contribution < -0.4 is 14.8 Å². The maximum atomic E-state index is 12.1. The van der Waals surface area contributed by atoms with Crippen molar-refractivity contribution in [3.05, 3.63) is 77.3 Å². The van der Waals surface area contributed by atoms with Gasteiger partial charge in [-0.2, -0.15) is 15.0 Å². The number of methoxy groups -OCH3 is 1. The van der Waals surface area contributed by atoms with Crippen LogP contribution in [-0.2, 0) is 6.61 Å². The lowest BCUT2D eigenvalue weighted by molar-refractivity contribution is 0.0987. The van der Waals surface area contributed by atoms with Crippen LogP contribution in [-0.4, -0.2) is 37.9 Å². The molecule has 0 bridgehead atoms. The van der Waals surface area contributed by atoms with Gasteiger partial charge in [0, 0.05) is 23.2 Å². The van der Waals surface area contributed by atoms with Crippen molar-refractivity contribution in [2.45, 2.75) is 20.0 Å². The molecule has 0 aliphatic carbocycles. The first-order valence-corrected chi connectivity index (χ1v) is 10.5. The van der Waals surface area contributed by atoms with E-state index in [0.717, 1.165) is 11.4 Å². The summed E-state index contributed by atoms with van der Waals surface area (Å²) in [5.41, 5.74) is 2.76. The Morgan fingerprint density at radius 2 is 1.88 bits per heavy atom. The minimum atomic E-state index is -0.00242. The van der Waals surface area contributed by atoms with Crippen LogP contribution in [0.15, 0.2) is 61.2 Å². The van der Waals surface area contributed by atoms with Crippen LogP contribution in [0.3, 0.4) is 0 Å². The van der Waals surface area contributed by atoms with Crippen LogP contribution in [0.5, 0.6) is 11.5 Å². The number of ether oxygens (including phenoxy) is 2. The minimum Gasteiger partial charge on any atom is -0.495 e. The second-order valence-electron chi connectivity index (χ2n) is 6.95. The summed E-state index contributed by atoms with van der Waals surface area (Å²) in [6.45, 7) is 1.94. The van der Waals surface area contributed by atoms with E-state index in [1.165, 1.54) is 11.9 Å². The Bertz CT molecular complexity index is 1250. The zero-order valence-electron chi connectivity index (χ0n) is 18.0. The highest BCUT2D eigenvalue weighted by atomic mass is 35.5. The molecule has 0 amide bonds. The zero-order chi connectivity index (χ0) is 23.2. The van der Waals surface area contributed by atoms with Crippen LogP contribution in [0.2, 0.25) is 5.02 Å². The van der Waals surface area contributed by atoms with E-state index >= 15 is 0 Å². The number of Topliss-reactive ketones (excluding diaryl/α,β-unsaturated/α-hetero) is 1. The molecule has 0 radical (unpaired) electrons. The van der Waals surface area contributed by atoms with Gasteiger partial charge in [0.1, 0.15) is 12.4 Å². The number of nitrogens with zero attached hydrogens (tertiary/aromatic N) is 5. The molecule has 1 N–H and O–H groups in total. The van der Waals surface area contributed by atoms with Gasteiger partial charge in [0.2, 0.25) is 5.95 Å². The monoisotopic (exact) mass is 464 g/mol. The molecule has 0 atom stereocenters. The van der Waals surface area contributed by atoms with Gasteiger partial charge in [0.25, 0.3) is 0 Å². The standard InChI is InChI=1S/C23H21ClN6O3/c1-3-20(31)15-9-16(22(24)21(10-15)32-2)14-33-19-12-25-23(26-13-19)29-17-5-4-6-18(11-17)30-27-7-8-28-30/h4-13H,3,14H2,1-2H3,(H,25,26,29). The summed E-state index contributed by atoms with van der Waals surface area (Å²) in [7, 11) is 1.51. The number of nitrogens with one attached hydrogen (secondary N) is 1. The number of rotatable bonds is 9. The summed E-state index contributed by atoms with van der Waals surface area (Å²) in [5.74, 6) is 1.29. The Kier molecular flexibility index (Phi) is 6.80. The lowest BCUT2D eigenvalue weighted by Gasteiger charge is -2.13. The fraction of sp³-hybridized carbons (Fsp3) is 0.174. The van der Waals surface area contributed by atoms with Crippen molar-refractivity contribution >= 4 is 29.0 Å². The zero-order valence-corrected chi connectivity index (χ0v) is 18.8. The Morgan fingerprint density at radius 1 is 1.12 bits per heavy atom. The van der Waals surface area contributed by atoms with Crippen molar-refractivity contribution in [2.24, 2.45) is 0 Å². The minimum absolute atomic E-state index is 0.00242. The van der Waals surface area contributed by atoms with Crippen molar-refractivity contribution in [3.8, 4) is 17.2 Å². The Labute approximate surface area is 195 Å². The summed E-state index contributed by atoms with van der Waals surface area (Å²) in [5, 5.41) is 11.8. The molecule has 2 aromatic carbocycles. The summed E-state index contributed by atoms with van der Waals surface area (Å²) >= 11 is 6.39. The average Bonchev–Trinajstić information content (AvgIpc) is 3.39. The number of carbonyl (C=O) groups is 1. The number of aromatic nitrogens is 5. The van der Waals surface area contributed by atoms with E-state index in [9.17, 15) is 4.79 Å². The second kappa shape index (κ2) is 10.1. The molecule has 0 saturated carbocycles. The van der Waals surface area contributed by atoms with E-state index in [4.69, 9.17) is 21.1 Å². The van der Waals surface area contributed by atoms with Crippen LogP contribution in [0.25, 0.3) is 5.69 Å². The van der Waals surface area contributed by atoms with Crippen LogP contribution >= 0.6 is 11.6 Å². The average molecular weight is 465 g/mol. The Hall–Kier alpha value is -3.98. The topological polar surface area (TPSA) is 104 Å². The van der Waals surface area contributed by atoms with Gasteiger partial charge in [-0.1, -0.05) is 24.6 Å². The number of carbonyl (C=O) groups excluding carboxylic acids is 1. The highest BCUT2D eigenvalue weighted by Crippen LogP contribution is 2.31. The molecule has 4 rings (SSSR count). The summed E-state index contributed by atoms with van der Waals surface area (Å²) < 4.78 is 11.1. The number of benzene rings is 2. The molecule has 0 spiro atoms. The van der Waals surface area contributed by atoms with Gasteiger partial charge < -0.3 is 14.8 Å². The third-order valence-electron chi connectivity index (χ3n) is 4.75. The van der Waals surface area contributed by atoms with Gasteiger partial charge in [-0.3, -0.25) is 4.79 Å². The quantitative estimate of drug-likeness (QED) is 0.357. The molecule has 0 unspecified atom stereocenters. The van der Waals surface area contributed by atoms with Crippen molar-refractivity contribution in [1.29, 1.82) is 0 Å². The van der Waals surface area contributed by atoms with Crippen molar-refractivity contribution in [3.63, 3.8) is 0 Å². The molecule has 168 valence electrons. The van der Waals surface area contributed by atoms with Gasteiger partial charge >= 0.3 is 0 Å². The van der Waals surface area contributed by atoms with Crippen LogP contribution in [0.1, 0.15) is 29.3 Å². The van der Waals surface area contributed by atoms with Gasteiger partial charge in [-0.25, -0.2) is 9.97 Å². The molecule has 10 heteroatoms. The van der Waals surface area contributed by atoms with E-state index in [-0.39, 0.29) is 12.4 Å². The first-order chi connectivity index (χ1) is 16.1. The van der Waals surface area contributed by atoms with Crippen LogP contribution in [0.4, 0.5) is 11.6 Å². The van der Waals surface area contributed by atoms with Crippen molar-refractivity contribution < 1.29 is 14.3 Å². The van der Waals surface area contributed by atoms with E-state index < -0.39 is 0 Å². The Morgan fingerprint density at radius 3 is 2.58 bits per heavy atom. The van der Waals surface area contributed by atoms with Gasteiger partial charge in [0.15, 0.2) is 11.5 Å². The number of halogens is 1. The van der Waals surface area contributed by atoms with E-state index in [0.29, 0.717) is 40.0 Å². The van der Waals surface area contributed by atoms with Crippen molar-refractivity contribution in [2.75, 3.05) is 12.4 Å². The predicted molar refractivity (Wildman–Crippen MR) is 124 cm³/mol. The smallest absolute Gasteiger partial charge is 0.227 e. The first kappa shape index (κ1) is 22.2. The third-order valence-corrected chi connectivity index (χ3v) is 5.18. The van der Waals surface area contributed by atoms with E-state index in [1.54, 1.807) is 43.8 Å². The SMILES string of the molecule is CCC(=O)c1cc(COc2cnc(Nc3cccc(-n4nccn4)c3)nc2)c(Cl)c(OC)c1. The molecular formula is C23H21ClN6O3. The molecule has 0 saturated heterocycles. The van der Waals surface area contributed by atoms with Gasteiger partial charge in [-0.05, 0) is 30.3 Å². The summed E-state index contributed by atoms with van der Waals surface area (Å²) in [6.07, 6.45) is 6.72. The normalized spacial score (nSPS) is 10.6. The fourth-order valence-corrected chi connectivity index (χ4v) is 3.32. The molecule has 2 heterocycles. The maximum absolute atomic E-state index is 12.1. The first-order valence-electron chi connectivity index (χ1n) is 10.2. The lowest BCUT2D eigenvalue weighted by atomic mass is 10.1. The highest BCUT2D eigenvalue weighted by Gasteiger charge is 2.14. The molecule has 4 aromatic rings. The predicted octanol–water partition coefficient (Wildman–Crippen LogP) is 4.63. The molecule has 33 heavy (non-hydrogen) atoms. The summed E-state index contributed by atoms with van der Waals surface area (Å²) in [4.78, 5) is 22.2. The number of hydrogen-bond acceptors (Lipinski definition) is 8. The molecule has 0 aliphatic rings. The maximum Gasteiger partial charge on any atom is 0.227 e. The van der Waals surface area contributed by atoms with E-state index in [2.05, 4.69) is 25.5 Å². The van der Waals surface area contributed by atoms with Crippen molar-refractivity contribution in [1.82, 2.24) is 25.0 Å². The molecule has 2 aromatic heterocycles. The fourth-order valence-electron chi connectivity index (χ4n) is 3.08. The summed E-state index contributed by atoms with van der Waals surface area (Å²) in [6, 6.07) is 10.9. The number of ketones is 1. The number of hydrogen-bond donors (Lipinski definition) is 1. The highest BCUT2D eigenvalue weighted by molar-refractivity contribution is 6.33. The molecule has 0 fully saturated rings. The van der Waals surface area contributed by atoms with Gasteiger partial charge in [0.05, 0.1) is 42.6 Å². The lowest BCUT2D eigenvalue weighted by Crippen LogP contribution is -2.04. The second-order valence-corrected chi connectivity index (χ2v) is 7.33. The molecular weight excluding hydrogens is 444 g/mol. The van der Waals surface area contributed by atoms with E-state index in [1.807, 2.05) is 24.3 Å². The van der Waals surface area contributed by atoms with Crippen LogP contribution in [0, 0.1) is 0 Å². The largest absolute Gasteiger partial charge is 0.495 e. The number of anilines is 2. The molecule has 0 aliphatic heterocycles. The van der Waals surface area contributed by atoms with Gasteiger partial charge in [-0.15, -0.1) is 0 Å². The Balaban J connectivity index is 1.44. The third kappa shape index (κ3) is 5.27. The molecule has 9 nitrogen and oxygen atoms in total.